The van der Waals surface area contributed by atoms with Crippen LogP contribution in [0.3, 0.4) is 0 Å². The molecule has 0 bridgehead atoms. The second kappa shape index (κ2) is 6.34. The number of nitrogens with zero attached hydrogens (tertiary/aromatic N) is 2. The van der Waals surface area contributed by atoms with Crippen LogP contribution in [0.25, 0.3) is 11.0 Å². The second-order valence-electron chi connectivity index (χ2n) is 5.01. The summed E-state index contributed by atoms with van der Waals surface area (Å²) in [7, 11) is 0. The van der Waals surface area contributed by atoms with E-state index in [1.165, 1.54) is 5.56 Å². The van der Waals surface area contributed by atoms with Crippen molar-refractivity contribution in [3.63, 3.8) is 0 Å². The van der Waals surface area contributed by atoms with E-state index >= 15 is 0 Å². The van der Waals surface area contributed by atoms with Crippen LogP contribution in [0.2, 0.25) is 5.02 Å². The Bertz CT molecular complexity index is 811. The standard InChI is InChI=1S/C16H15ClN4S/c17-12-3-1-11(2-4-12)7-8-21-10-19-14-9-13(20-16(18)22)5-6-15(14)21/h1-6,9-10H,7-8H2,(H3,18,20,22). The van der Waals surface area contributed by atoms with Crippen molar-refractivity contribution >= 4 is 45.7 Å². The Morgan fingerprint density at radius 2 is 2.00 bits per heavy atom. The number of imidazole rings is 1. The summed E-state index contributed by atoms with van der Waals surface area (Å²) in [5.74, 6) is 0. The smallest absolute Gasteiger partial charge is 0.168 e. The molecule has 112 valence electrons. The van der Waals surface area contributed by atoms with E-state index in [9.17, 15) is 0 Å². The van der Waals surface area contributed by atoms with E-state index in [0.717, 1.165) is 34.7 Å². The van der Waals surface area contributed by atoms with Crippen molar-refractivity contribution in [1.82, 2.24) is 9.55 Å². The van der Waals surface area contributed by atoms with Crippen LogP contribution < -0.4 is 11.1 Å². The topological polar surface area (TPSA) is 55.9 Å². The molecule has 3 aromatic rings. The van der Waals surface area contributed by atoms with Gasteiger partial charge >= 0.3 is 0 Å². The summed E-state index contributed by atoms with van der Waals surface area (Å²) in [5, 5.41) is 3.93. The van der Waals surface area contributed by atoms with Crippen molar-refractivity contribution in [2.45, 2.75) is 13.0 Å². The second-order valence-corrected chi connectivity index (χ2v) is 5.88. The lowest BCUT2D eigenvalue weighted by molar-refractivity contribution is 0.716. The largest absolute Gasteiger partial charge is 0.376 e. The van der Waals surface area contributed by atoms with E-state index in [1.807, 2.05) is 48.8 Å². The Morgan fingerprint density at radius 1 is 1.23 bits per heavy atom. The van der Waals surface area contributed by atoms with Crippen LogP contribution in [0.15, 0.2) is 48.8 Å². The number of fused-ring (bicyclic) bond motifs is 1. The van der Waals surface area contributed by atoms with Crippen LogP contribution in [0.1, 0.15) is 5.56 Å². The molecule has 1 heterocycles. The van der Waals surface area contributed by atoms with Gasteiger partial charge in [-0.05, 0) is 54.5 Å². The van der Waals surface area contributed by atoms with E-state index in [4.69, 9.17) is 29.6 Å². The fourth-order valence-electron chi connectivity index (χ4n) is 2.36. The SMILES string of the molecule is NC(=S)Nc1ccc2c(c1)ncn2CCc1ccc(Cl)cc1. The van der Waals surface area contributed by atoms with Gasteiger partial charge in [-0.25, -0.2) is 4.98 Å². The molecule has 0 saturated heterocycles. The van der Waals surface area contributed by atoms with Crippen molar-refractivity contribution in [2.24, 2.45) is 5.73 Å². The molecule has 2 aromatic carbocycles. The third kappa shape index (κ3) is 3.37. The molecule has 0 aliphatic rings. The fraction of sp³-hybridized carbons (Fsp3) is 0.125. The molecule has 0 spiro atoms. The molecule has 3 rings (SSSR count). The van der Waals surface area contributed by atoms with Gasteiger partial charge in [0.05, 0.1) is 17.4 Å². The molecule has 3 N–H and O–H groups in total. The zero-order chi connectivity index (χ0) is 15.5. The van der Waals surface area contributed by atoms with Gasteiger partial charge in [-0.2, -0.15) is 0 Å². The summed E-state index contributed by atoms with van der Waals surface area (Å²) < 4.78 is 2.13. The fourth-order valence-corrected chi connectivity index (χ4v) is 2.61. The Kier molecular flexibility index (Phi) is 4.27. The number of benzene rings is 2. The van der Waals surface area contributed by atoms with Gasteiger partial charge in [-0.15, -0.1) is 0 Å². The third-order valence-electron chi connectivity index (χ3n) is 3.44. The van der Waals surface area contributed by atoms with Crippen LogP contribution in [0.4, 0.5) is 5.69 Å². The number of rotatable bonds is 4. The first kappa shape index (κ1) is 14.8. The van der Waals surface area contributed by atoms with Crippen LogP contribution >= 0.6 is 23.8 Å². The lowest BCUT2D eigenvalue weighted by atomic mass is 10.1. The summed E-state index contributed by atoms with van der Waals surface area (Å²) in [6.45, 7) is 0.861. The van der Waals surface area contributed by atoms with E-state index in [1.54, 1.807) is 0 Å². The van der Waals surface area contributed by atoms with Crippen LogP contribution in [0, 0.1) is 0 Å². The molecule has 0 aliphatic carbocycles. The molecule has 0 fully saturated rings. The van der Waals surface area contributed by atoms with Gasteiger partial charge in [0.2, 0.25) is 0 Å². The van der Waals surface area contributed by atoms with Gasteiger partial charge in [0.25, 0.3) is 0 Å². The van der Waals surface area contributed by atoms with Crippen molar-refractivity contribution in [2.75, 3.05) is 5.32 Å². The van der Waals surface area contributed by atoms with Crippen molar-refractivity contribution < 1.29 is 0 Å². The van der Waals surface area contributed by atoms with Gasteiger partial charge in [0, 0.05) is 17.3 Å². The van der Waals surface area contributed by atoms with Gasteiger partial charge in [0.1, 0.15) is 0 Å². The lowest BCUT2D eigenvalue weighted by Gasteiger charge is -2.06. The zero-order valence-corrected chi connectivity index (χ0v) is 13.4. The Morgan fingerprint density at radius 3 is 2.73 bits per heavy atom. The normalized spacial score (nSPS) is 10.8. The minimum Gasteiger partial charge on any atom is -0.376 e. The molecular weight excluding hydrogens is 316 g/mol. The summed E-state index contributed by atoms with van der Waals surface area (Å²) >= 11 is 10.7. The first-order valence-corrected chi connectivity index (χ1v) is 7.66. The van der Waals surface area contributed by atoms with E-state index in [-0.39, 0.29) is 5.11 Å². The number of aryl methyl sites for hydroxylation is 2. The number of hydrogen-bond donors (Lipinski definition) is 2. The summed E-state index contributed by atoms with van der Waals surface area (Å²) in [4.78, 5) is 4.43. The molecule has 0 aliphatic heterocycles. The monoisotopic (exact) mass is 330 g/mol. The zero-order valence-electron chi connectivity index (χ0n) is 11.8. The number of halogens is 1. The van der Waals surface area contributed by atoms with Crippen LogP contribution in [-0.2, 0) is 13.0 Å². The lowest BCUT2D eigenvalue weighted by Crippen LogP contribution is -2.18. The number of anilines is 1. The number of nitrogens with two attached hydrogens (primary N) is 1. The van der Waals surface area contributed by atoms with E-state index < -0.39 is 0 Å². The summed E-state index contributed by atoms with van der Waals surface area (Å²) in [5.41, 5.74) is 9.58. The molecule has 4 nitrogen and oxygen atoms in total. The molecule has 0 unspecified atom stereocenters. The minimum atomic E-state index is 0.251. The Hall–Kier alpha value is -2.11. The van der Waals surface area contributed by atoms with Crippen molar-refractivity contribution in [1.29, 1.82) is 0 Å². The highest BCUT2D eigenvalue weighted by Crippen LogP contribution is 2.19. The predicted octanol–water partition coefficient (Wildman–Crippen LogP) is 3.59. The maximum atomic E-state index is 5.90. The maximum Gasteiger partial charge on any atom is 0.168 e. The molecule has 0 saturated carbocycles. The van der Waals surface area contributed by atoms with Gasteiger partial charge in [0.15, 0.2) is 5.11 Å². The maximum absolute atomic E-state index is 5.90. The van der Waals surface area contributed by atoms with Crippen molar-refractivity contribution in [3.8, 4) is 0 Å². The highest BCUT2D eigenvalue weighted by atomic mass is 35.5. The van der Waals surface area contributed by atoms with Gasteiger partial charge in [-0.3, -0.25) is 0 Å². The molecule has 0 amide bonds. The van der Waals surface area contributed by atoms with Crippen molar-refractivity contribution in [3.05, 3.63) is 59.4 Å². The molecule has 1 aromatic heterocycles. The first-order chi connectivity index (χ1) is 10.6. The molecule has 0 radical (unpaired) electrons. The average molecular weight is 331 g/mol. The molecule has 0 atom stereocenters. The van der Waals surface area contributed by atoms with Gasteiger partial charge < -0.3 is 15.6 Å². The van der Waals surface area contributed by atoms with Crippen LogP contribution in [-0.4, -0.2) is 14.7 Å². The average Bonchev–Trinajstić information content (AvgIpc) is 2.88. The number of hydrogen-bond acceptors (Lipinski definition) is 2. The highest BCUT2D eigenvalue weighted by molar-refractivity contribution is 7.80. The molecular formula is C16H15ClN4S. The third-order valence-corrected chi connectivity index (χ3v) is 3.80. The van der Waals surface area contributed by atoms with Crippen LogP contribution in [0.5, 0.6) is 0 Å². The number of aromatic nitrogens is 2. The van der Waals surface area contributed by atoms with Gasteiger partial charge in [-0.1, -0.05) is 23.7 Å². The van der Waals surface area contributed by atoms with E-state index in [0.29, 0.717) is 0 Å². The first-order valence-electron chi connectivity index (χ1n) is 6.87. The quantitative estimate of drug-likeness (QED) is 0.718. The molecule has 6 heteroatoms. The number of nitrogens with one attached hydrogen (secondary N) is 1. The minimum absolute atomic E-state index is 0.251. The Balaban J connectivity index is 1.76. The molecule has 22 heavy (non-hydrogen) atoms. The summed E-state index contributed by atoms with van der Waals surface area (Å²) in [6.07, 6.45) is 2.78. The highest BCUT2D eigenvalue weighted by Gasteiger charge is 2.04. The number of thiocarbonyl (C=S) groups is 1. The van der Waals surface area contributed by atoms with E-state index in [2.05, 4.69) is 14.9 Å². The Labute approximate surface area is 138 Å². The summed E-state index contributed by atoms with van der Waals surface area (Å²) in [6, 6.07) is 13.8. The predicted molar refractivity (Wildman–Crippen MR) is 95.3 cm³/mol.